The van der Waals surface area contributed by atoms with Gasteiger partial charge in [-0.05, 0) is 54.7 Å². The summed E-state index contributed by atoms with van der Waals surface area (Å²) in [5.41, 5.74) is 4.99. The number of halogens is 1. The Morgan fingerprint density at radius 3 is 2.65 bits per heavy atom. The van der Waals surface area contributed by atoms with Gasteiger partial charge in [0.15, 0.2) is 0 Å². The SMILES string of the molecule is CC.CN=C/C=C(\C)C1=NC2=C(C1)C[C@](C=O)(c1cccc(F)c1C)C2. The molecule has 1 aromatic rings. The molecule has 1 aliphatic heterocycles. The van der Waals surface area contributed by atoms with Gasteiger partial charge in [-0.3, -0.25) is 9.98 Å². The molecule has 0 saturated heterocycles. The largest absolute Gasteiger partial charge is 0.302 e. The molecule has 1 aliphatic carbocycles. The third-order valence-electron chi connectivity index (χ3n) is 5.03. The molecule has 0 fully saturated rings. The van der Waals surface area contributed by atoms with Crippen LogP contribution in [0.1, 0.15) is 51.2 Å². The van der Waals surface area contributed by atoms with Crippen molar-refractivity contribution in [2.45, 2.75) is 52.4 Å². The van der Waals surface area contributed by atoms with Gasteiger partial charge >= 0.3 is 0 Å². The van der Waals surface area contributed by atoms with E-state index in [4.69, 9.17) is 4.99 Å². The monoisotopic (exact) mass is 354 g/mol. The summed E-state index contributed by atoms with van der Waals surface area (Å²) in [4.78, 5) is 20.7. The summed E-state index contributed by atoms with van der Waals surface area (Å²) in [5, 5.41) is 0. The van der Waals surface area contributed by atoms with E-state index in [1.165, 1.54) is 11.6 Å². The van der Waals surface area contributed by atoms with Crippen molar-refractivity contribution in [3.63, 3.8) is 0 Å². The standard InChI is InChI=1S/C20H21FN2O.C2H6/c1-13(7-8-22-3)18-9-15-10-20(12-24,11-19(15)23-18)16-5-4-6-17(21)14(16)2;1-2/h4-8,12H,9-11H2,1-3H3;1-2H3/b13-7+,22-8?;/t20-;/m0./s1. The van der Waals surface area contributed by atoms with Crippen molar-refractivity contribution in [2.75, 3.05) is 7.05 Å². The van der Waals surface area contributed by atoms with Crippen molar-refractivity contribution in [1.29, 1.82) is 0 Å². The van der Waals surface area contributed by atoms with Crippen LogP contribution in [0.15, 0.2) is 51.1 Å². The van der Waals surface area contributed by atoms with E-state index >= 15 is 0 Å². The molecule has 3 nitrogen and oxygen atoms in total. The van der Waals surface area contributed by atoms with Crippen LogP contribution in [0.3, 0.4) is 0 Å². The molecule has 138 valence electrons. The lowest BCUT2D eigenvalue weighted by atomic mass is 9.76. The van der Waals surface area contributed by atoms with E-state index in [2.05, 4.69) is 4.99 Å². The van der Waals surface area contributed by atoms with Gasteiger partial charge in [-0.25, -0.2) is 4.39 Å². The Morgan fingerprint density at radius 1 is 1.31 bits per heavy atom. The summed E-state index contributed by atoms with van der Waals surface area (Å²) in [6.45, 7) is 7.76. The Balaban J connectivity index is 0.00000117. The molecule has 3 rings (SSSR count). The Hall–Kier alpha value is -2.36. The Labute approximate surface area is 155 Å². The number of hydrogen-bond acceptors (Lipinski definition) is 3. The molecule has 0 spiro atoms. The molecular formula is C22H27FN2O. The van der Waals surface area contributed by atoms with E-state index in [0.717, 1.165) is 35.3 Å². The maximum absolute atomic E-state index is 13.9. The van der Waals surface area contributed by atoms with Gasteiger partial charge in [0.25, 0.3) is 0 Å². The van der Waals surface area contributed by atoms with E-state index < -0.39 is 5.41 Å². The predicted octanol–water partition coefficient (Wildman–Crippen LogP) is 5.14. The Kier molecular flexibility index (Phi) is 6.41. The van der Waals surface area contributed by atoms with Gasteiger partial charge in [-0.2, -0.15) is 0 Å². The van der Waals surface area contributed by atoms with Crippen LogP contribution in [0.5, 0.6) is 0 Å². The molecule has 4 heteroatoms. The van der Waals surface area contributed by atoms with Crippen LogP contribution in [0.2, 0.25) is 0 Å². The van der Waals surface area contributed by atoms with Gasteiger partial charge in [0.2, 0.25) is 0 Å². The molecule has 0 amide bonds. The second kappa shape index (κ2) is 8.35. The van der Waals surface area contributed by atoms with Gasteiger partial charge in [0.05, 0.1) is 5.41 Å². The molecule has 1 aromatic carbocycles. The number of carbonyl (C=O) groups excluding carboxylic acids is 1. The van der Waals surface area contributed by atoms with E-state index in [-0.39, 0.29) is 5.82 Å². The van der Waals surface area contributed by atoms with Gasteiger partial charge in [-0.15, -0.1) is 0 Å². The van der Waals surface area contributed by atoms with Crippen molar-refractivity contribution in [2.24, 2.45) is 9.98 Å². The second-order valence-corrected chi connectivity index (χ2v) is 6.58. The summed E-state index contributed by atoms with van der Waals surface area (Å²) >= 11 is 0. The van der Waals surface area contributed by atoms with Gasteiger partial charge in [0.1, 0.15) is 12.1 Å². The number of aliphatic imine (C=N–C) groups is 2. The molecule has 2 aliphatic rings. The lowest BCUT2D eigenvalue weighted by Crippen LogP contribution is -2.27. The maximum atomic E-state index is 13.9. The quantitative estimate of drug-likeness (QED) is 0.545. The molecule has 0 saturated carbocycles. The summed E-state index contributed by atoms with van der Waals surface area (Å²) in [6, 6.07) is 4.98. The van der Waals surface area contributed by atoms with Crippen LogP contribution in [0.25, 0.3) is 0 Å². The molecular weight excluding hydrogens is 327 g/mol. The minimum atomic E-state index is -0.672. The molecule has 0 radical (unpaired) electrons. The van der Waals surface area contributed by atoms with Gasteiger partial charge < -0.3 is 4.79 Å². The van der Waals surface area contributed by atoms with Crippen molar-refractivity contribution in [3.05, 3.63) is 58.1 Å². The summed E-state index contributed by atoms with van der Waals surface area (Å²) in [7, 11) is 1.73. The second-order valence-electron chi connectivity index (χ2n) is 6.58. The average molecular weight is 354 g/mol. The van der Waals surface area contributed by atoms with Crippen LogP contribution in [0.4, 0.5) is 4.39 Å². The minimum absolute atomic E-state index is 0.261. The van der Waals surface area contributed by atoms with E-state index in [9.17, 15) is 9.18 Å². The highest BCUT2D eigenvalue weighted by atomic mass is 19.1. The first-order valence-corrected chi connectivity index (χ1v) is 9.10. The van der Waals surface area contributed by atoms with Gasteiger partial charge in [0, 0.05) is 37.5 Å². The topological polar surface area (TPSA) is 41.8 Å². The number of nitrogens with zero attached hydrogens (tertiary/aromatic N) is 2. The molecule has 0 unspecified atom stereocenters. The average Bonchev–Trinajstić information content (AvgIpc) is 3.20. The molecule has 0 N–H and O–H groups in total. The number of allylic oxidation sites excluding steroid dienone is 4. The number of benzene rings is 1. The van der Waals surface area contributed by atoms with Crippen molar-refractivity contribution in [3.8, 4) is 0 Å². The summed E-state index contributed by atoms with van der Waals surface area (Å²) in [5.74, 6) is -0.261. The highest BCUT2D eigenvalue weighted by molar-refractivity contribution is 6.06. The van der Waals surface area contributed by atoms with Gasteiger partial charge in [-0.1, -0.05) is 26.0 Å². The molecule has 26 heavy (non-hydrogen) atoms. The van der Waals surface area contributed by atoms with E-state index in [1.807, 2.05) is 32.9 Å². The zero-order chi connectivity index (χ0) is 19.3. The van der Waals surface area contributed by atoms with Crippen LogP contribution >= 0.6 is 0 Å². The zero-order valence-corrected chi connectivity index (χ0v) is 16.3. The first-order chi connectivity index (χ1) is 12.5. The summed E-state index contributed by atoms with van der Waals surface area (Å²) < 4.78 is 13.9. The number of rotatable bonds is 4. The molecule has 0 aromatic heterocycles. The van der Waals surface area contributed by atoms with E-state index in [1.54, 1.807) is 26.3 Å². The normalized spacial score (nSPS) is 22.2. The number of carbonyl (C=O) groups is 1. The molecule has 1 heterocycles. The Morgan fingerprint density at radius 2 is 2.04 bits per heavy atom. The minimum Gasteiger partial charge on any atom is -0.302 e. The fourth-order valence-electron chi connectivity index (χ4n) is 3.65. The zero-order valence-electron chi connectivity index (χ0n) is 16.3. The fraction of sp³-hybridized carbons (Fsp3) is 0.409. The first-order valence-electron chi connectivity index (χ1n) is 9.10. The highest BCUT2D eigenvalue weighted by Gasteiger charge is 2.43. The fourth-order valence-corrected chi connectivity index (χ4v) is 3.65. The van der Waals surface area contributed by atoms with Crippen LogP contribution in [-0.2, 0) is 10.2 Å². The predicted molar refractivity (Wildman–Crippen MR) is 107 cm³/mol. The van der Waals surface area contributed by atoms with Crippen molar-refractivity contribution < 1.29 is 9.18 Å². The smallest absolute Gasteiger partial charge is 0.131 e. The van der Waals surface area contributed by atoms with Crippen LogP contribution in [-0.4, -0.2) is 25.3 Å². The third-order valence-corrected chi connectivity index (χ3v) is 5.03. The summed E-state index contributed by atoms with van der Waals surface area (Å²) in [6.07, 6.45) is 6.62. The Bertz CT molecular complexity index is 817. The van der Waals surface area contributed by atoms with E-state index in [0.29, 0.717) is 18.4 Å². The number of aldehydes is 1. The van der Waals surface area contributed by atoms with Crippen molar-refractivity contribution in [1.82, 2.24) is 0 Å². The van der Waals surface area contributed by atoms with Crippen molar-refractivity contribution >= 4 is 18.2 Å². The highest BCUT2D eigenvalue weighted by Crippen LogP contribution is 2.48. The molecule has 0 bridgehead atoms. The van der Waals surface area contributed by atoms with Crippen LogP contribution < -0.4 is 0 Å². The maximum Gasteiger partial charge on any atom is 0.131 e. The molecule has 1 atom stereocenters. The first kappa shape index (κ1) is 20.0. The lowest BCUT2D eigenvalue weighted by Gasteiger charge is -2.26. The number of hydrogen-bond donors (Lipinski definition) is 0. The third kappa shape index (κ3) is 3.59. The van der Waals surface area contributed by atoms with Crippen LogP contribution in [0, 0.1) is 12.7 Å². The lowest BCUT2D eigenvalue weighted by molar-refractivity contribution is -0.112.